The Morgan fingerprint density at radius 2 is 1.59 bits per heavy atom. The van der Waals surface area contributed by atoms with Gasteiger partial charge in [0, 0.05) is 0 Å². The van der Waals surface area contributed by atoms with Crippen molar-refractivity contribution in [3.05, 3.63) is 95.6 Å². The van der Waals surface area contributed by atoms with Crippen LogP contribution in [0, 0.1) is 0 Å². The van der Waals surface area contributed by atoms with Crippen molar-refractivity contribution in [3.8, 4) is 11.5 Å². The van der Waals surface area contributed by atoms with Crippen LogP contribution >= 0.6 is 0 Å². The van der Waals surface area contributed by atoms with E-state index in [1.165, 1.54) is 6.21 Å². The lowest BCUT2D eigenvalue weighted by molar-refractivity contribution is -0.120. The highest BCUT2D eigenvalue weighted by atomic mass is 16.5. The number of hydrogen-bond donors (Lipinski definition) is 1. The molecule has 0 unspecified atom stereocenters. The molecule has 3 rings (SSSR count). The largest absolute Gasteiger partial charge is 0.494 e. The second-order valence-corrected chi connectivity index (χ2v) is 7.14. The number of carbonyl (C=O) groups is 2. The summed E-state index contributed by atoms with van der Waals surface area (Å²) in [6.07, 6.45) is 3.85. The predicted octanol–water partition coefficient (Wildman–Crippen LogP) is 4.78. The van der Waals surface area contributed by atoms with Gasteiger partial charge < -0.3 is 9.47 Å². The van der Waals surface area contributed by atoms with Crippen molar-refractivity contribution >= 4 is 18.1 Å². The average Bonchev–Trinajstić information content (AvgIpc) is 2.81. The zero-order valence-corrected chi connectivity index (χ0v) is 18.0. The van der Waals surface area contributed by atoms with E-state index in [0.717, 1.165) is 29.7 Å². The second-order valence-electron chi connectivity index (χ2n) is 7.14. The van der Waals surface area contributed by atoms with Crippen molar-refractivity contribution in [1.29, 1.82) is 0 Å². The summed E-state index contributed by atoms with van der Waals surface area (Å²) in [5, 5.41) is 3.97. The number of benzene rings is 3. The Morgan fingerprint density at radius 3 is 2.28 bits per heavy atom. The van der Waals surface area contributed by atoms with E-state index in [2.05, 4.69) is 17.5 Å². The lowest BCUT2D eigenvalue weighted by atomic mass is 10.1. The smallest absolute Gasteiger partial charge is 0.343 e. The lowest BCUT2D eigenvalue weighted by Gasteiger charge is -2.07. The Kier molecular flexibility index (Phi) is 8.57. The Balaban J connectivity index is 1.47. The monoisotopic (exact) mass is 430 g/mol. The molecule has 1 N–H and O–H groups in total. The molecule has 164 valence electrons. The van der Waals surface area contributed by atoms with E-state index in [4.69, 9.17) is 9.47 Å². The first-order valence-corrected chi connectivity index (χ1v) is 10.5. The molecule has 3 aromatic carbocycles. The molecule has 0 saturated carbocycles. The molecule has 0 spiro atoms. The minimum absolute atomic E-state index is 0.195. The summed E-state index contributed by atoms with van der Waals surface area (Å²) in [4.78, 5) is 24.2. The number of rotatable bonds is 10. The van der Waals surface area contributed by atoms with Gasteiger partial charge in [-0.3, -0.25) is 4.79 Å². The summed E-state index contributed by atoms with van der Waals surface area (Å²) in [6.45, 7) is 2.76. The summed E-state index contributed by atoms with van der Waals surface area (Å²) in [5.41, 5.74) is 4.63. The zero-order valence-electron chi connectivity index (χ0n) is 18.0. The van der Waals surface area contributed by atoms with Gasteiger partial charge in [-0.05, 0) is 66.1 Å². The molecule has 0 bridgehead atoms. The highest BCUT2D eigenvalue weighted by Gasteiger charge is 2.09. The molecule has 3 aromatic rings. The van der Waals surface area contributed by atoms with E-state index in [1.807, 2.05) is 30.3 Å². The van der Waals surface area contributed by atoms with Gasteiger partial charge in [-0.1, -0.05) is 43.7 Å². The number of hydrazone groups is 1. The third kappa shape index (κ3) is 7.40. The molecule has 32 heavy (non-hydrogen) atoms. The molecule has 0 aliphatic rings. The molecular formula is C26H26N2O4. The number of hydrogen-bond acceptors (Lipinski definition) is 5. The first kappa shape index (κ1) is 22.7. The van der Waals surface area contributed by atoms with Crippen LogP contribution in [0.5, 0.6) is 11.5 Å². The van der Waals surface area contributed by atoms with Crippen molar-refractivity contribution in [2.75, 3.05) is 6.61 Å². The van der Waals surface area contributed by atoms with E-state index >= 15 is 0 Å². The van der Waals surface area contributed by atoms with Gasteiger partial charge in [0.05, 0.1) is 24.8 Å². The van der Waals surface area contributed by atoms with Crippen LogP contribution in [0.25, 0.3) is 0 Å². The molecule has 0 aliphatic carbocycles. The van der Waals surface area contributed by atoms with Gasteiger partial charge in [-0.25, -0.2) is 10.2 Å². The van der Waals surface area contributed by atoms with Crippen LogP contribution in [0.1, 0.15) is 41.3 Å². The molecule has 0 aliphatic heterocycles. The highest BCUT2D eigenvalue weighted by Crippen LogP contribution is 2.16. The number of carbonyl (C=O) groups excluding carboxylic acids is 2. The highest BCUT2D eigenvalue weighted by molar-refractivity contribution is 5.91. The number of nitrogens with zero attached hydrogens (tertiary/aromatic N) is 1. The van der Waals surface area contributed by atoms with Crippen molar-refractivity contribution < 1.29 is 19.1 Å². The molecule has 0 saturated heterocycles. The van der Waals surface area contributed by atoms with Crippen molar-refractivity contribution in [2.45, 2.75) is 26.2 Å². The minimum atomic E-state index is -0.445. The zero-order chi connectivity index (χ0) is 22.6. The van der Waals surface area contributed by atoms with Gasteiger partial charge in [0.15, 0.2) is 0 Å². The summed E-state index contributed by atoms with van der Waals surface area (Å²) in [5.74, 6) is 0.512. The summed E-state index contributed by atoms with van der Waals surface area (Å²) < 4.78 is 11.0. The molecule has 0 atom stereocenters. The first-order valence-electron chi connectivity index (χ1n) is 10.5. The van der Waals surface area contributed by atoms with Crippen LogP contribution in [-0.2, 0) is 11.2 Å². The van der Waals surface area contributed by atoms with Crippen molar-refractivity contribution in [3.63, 3.8) is 0 Å². The molecule has 6 nitrogen and oxygen atoms in total. The minimum Gasteiger partial charge on any atom is -0.494 e. The number of amides is 1. The van der Waals surface area contributed by atoms with Crippen LogP contribution in [-0.4, -0.2) is 24.7 Å². The number of esters is 1. The topological polar surface area (TPSA) is 77.0 Å². The predicted molar refractivity (Wildman–Crippen MR) is 124 cm³/mol. The summed E-state index contributed by atoms with van der Waals surface area (Å²) in [7, 11) is 0. The van der Waals surface area contributed by atoms with Crippen LogP contribution in [0.2, 0.25) is 0 Å². The third-order valence-electron chi connectivity index (χ3n) is 4.56. The van der Waals surface area contributed by atoms with Gasteiger partial charge in [-0.15, -0.1) is 0 Å². The number of unbranched alkanes of at least 4 members (excludes halogenated alkanes) is 1. The second kappa shape index (κ2) is 12.1. The van der Waals surface area contributed by atoms with Gasteiger partial charge in [-0.2, -0.15) is 5.10 Å². The van der Waals surface area contributed by atoms with E-state index in [1.54, 1.807) is 48.5 Å². The molecule has 0 radical (unpaired) electrons. The van der Waals surface area contributed by atoms with Crippen molar-refractivity contribution in [2.24, 2.45) is 5.10 Å². The fraction of sp³-hybridized carbons (Fsp3) is 0.192. The average molecular weight is 431 g/mol. The van der Waals surface area contributed by atoms with Gasteiger partial charge in [0.1, 0.15) is 11.5 Å². The third-order valence-corrected chi connectivity index (χ3v) is 4.56. The normalized spacial score (nSPS) is 10.7. The molecule has 0 fully saturated rings. The molecule has 1 amide bonds. The Labute approximate surface area is 187 Å². The Morgan fingerprint density at radius 1 is 0.906 bits per heavy atom. The number of ether oxygens (including phenoxy) is 2. The first-order chi connectivity index (χ1) is 15.6. The van der Waals surface area contributed by atoms with Gasteiger partial charge in [0.25, 0.3) is 0 Å². The SMILES string of the molecule is CCCCOc1ccc(C(=O)Oc2ccc(/C=N/NC(=O)Cc3ccccc3)cc2)cc1. The maximum Gasteiger partial charge on any atom is 0.343 e. The lowest BCUT2D eigenvalue weighted by Crippen LogP contribution is -2.19. The van der Waals surface area contributed by atoms with Crippen LogP contribution in [0.3, 0.4) is 0 Å². The Bertz CT molecular complexity index is 1030. The molecular weight excluding hydrogens is 404 g/mol. The van der Waals surface area contributed by atoms with Crippen LogP contribution < -0.4 is 14.9 Å². The maximum absolute atomic E-state index is 12.3. The van der Waals surface area contributed by atoms with E-state index in [-0.39, 0.29) is 12.3 Å². The van der Waals surface area contributed by atoms with E-state index in [0.29, 0.717) is 17.9 Å². The summed E-state index contributed by atoms with van der Waals surface area (Å²) in [6, 6.07) is 23.2. The van der Waals surface area contributed by atoms with Crippen molar-refractivity contribution in [1.82, 2.24) is 5.43 Å². The molecule has 0 heterocycles. The van der Waals surface area contributed by atoms with Gasteiger partial charge in [0.2, 0.25) is 5.91 Å². The quantitative estimate of drug-likeness (QED) is 0.165. The summed E-state index contributed by atoms with van der Waals surface area (Å²) >= 11 is 0. The Hall–Kier alpha value is -3.93. The molecule has 0 aromatic heterocycles. The standard InChI is InChI=1S/C26H26N2O4/c1-2-3-17-31-23-15-11-22(12-16-23)26(30)32-24-13-9-21(10-14-24)19-27-28-25(29)18-20-7-5-4-6-8-20/h4-16,19H,2-3,17-18H2,1H3,(H,28,29)/b27-19+. The fourth-order valence-electron chi connectivity index (χ4n) is 2.81. The fourth-order valence-corrected chi connectivity index (χ4v) is 2.81. The van der Waals surface area contributed by atoms with Crippen LogP contribution in [0.15, 0.2) is 84.0 Å². The van der Waals surface area contributed by atoms with Crippen LogP contribution in [0.4, 0.5) is 0 Å². The van der Waals surface area contributed by atoms with E-state index in [9.17, 15) is 9.59 Å². The maximum atomic E-state index is 12.3. The number of nitrogens with one attached hydrogen (secondary N) is 1. The van der Waals surface area contributed by atoms with E-state index < -0.39 is 5.97 Å². The molecule has 6 heteroatoms. The van der Waals surface area contributed by atoms with Gasteiger partial charge >= 0.3 is 5.97 Å².